The van der Waals surface area contributed by atoms with E-state index in [0.717, 1.165) is 0 Å². The van der Waals surface area contributed by atoms with Crippen molar-refractivity contribution in [2.45, 2.75) is 0 Å². The predicted molar refractivity (Wildman–Crippen MR) is 76.9 cm³/mol. The van der Waals surface area contributed by atoms with Crippen LogP contribution in [0.4, 0.5) is 17.1 Å². The van der Waals surface area contributed by atoms with Crippen LogP contribution in [0.25, 0.3) is 0 Å². The molecule has 2 aromatic carbocycles. The standard InChI is InChI=1S/C13H10ClN3O3/c14-8-1-4-10(5-2-8)16-13(18)11-7-9(15)3-6-12(11)17(19)20/h1-7H,15H2,(H,16,18). The molecule has 0 radical (unpaired) electrons. The first-order chi connectivity index (χ1) is 9.47. The highest BCUT2D eigenvalue weighted by atomic mass is 35.5. The average Bonchev–Trinajstić information content (AvgIpc) is 2.41. The molecule has 102 valence electrons. The molecule has 0 saturated heterocycles. The minimum Gasteiger partial charge on any atom is -0.399 e. The second kappa shape index (κ2) is 5.58. The van der Waals surface area contributed by atoms with Gasteiger partial charge in [0, 0.05) is 22.5 Å². The molecule has 2 aromatic rings. The number of nitro groups is 1. The fourth-order valence-electron chi connectivity index (χ4n) is 1.63. The number of amides is 1. The van der Waals surface area contributed by atoms with Gasteiger partial charge in [-0.1, -0.05) is 11.6 Å². The van der Waals surface area contributed by atoms with Gasteiger partial charge < -0.3 is 11.1 Å². The summed E-state index contributed by atoms with van der Waals surface area (Å²) in [6, 6.07) is 10.2. The van der Waals surface area contributed by atoms with Gasteiger partial charge >= 0.3 is 0 Å². The van der Waals surface area contributed by atoms with Crippen LogP contribution in [0.1, 0.15) is 10.4 Å². The van der Waals surface area contributed by atoms with E-state index in [2.05, 4.69) is 5.32 Å². The highest BCUT2D eigenvalue weighted by Crippen LogP contribution is 2.23. The number of rotatable bonds is 3. The molecule has 7 heteroatoms. The van der Waals surface area contributed by atoms with Gasteiger partial charge in [-0.2, -0.15) is 0 Å². The molecule has 0 aliphatic carbocycles. The molecule has 0 spiro atoms. The van der Waals surface area contributed by atoms with E-state index >= 15 is 0 Å². The largest absolute Gasteiger partial charge is 0.399 e. The summed E-state index contributed by atoms with van der Waals surface area (Å²) in [6.45, 7) is 0. The summed E-state index contributed by atoms with van der Waals surface area (Å²) in [5.74, 6) is -0.605. The van der Waals surface area contributed by atoms with Crippen LogP contribution in [0.15, 0.2) is 42.5 Å². The number of benzene rings is 2. The van der Waals surface area contributed by atoms with Crippen LogP contribution < -0.4 is 11.1 Å². The zero-order chi connectivity index (χ0) is 14.7. The first-order valence-electron chi connectivity index (χ1n) is 5.58. The molecule has 6 nitrogen and oxygen atoms in total. The fraction of sp³-hybridized carbons (Fsp3) is 0. The van der Waals surface area contributed by atoms with Crippen molar-refractivity contribution in [3.8, 4) is 0 Å². The SMILES string of the molecule is Nc1ccc([N+](=O)[O-])c(C(=O)Nc2ccc(Cl)cc2)c1. The maximum Gasteiger partial charge on any atom is 0.282 e. The van der Waals surface area contributed by atoms with Gasteiger partial charge in [-0.3, -0.25) is 14.9 Å². The van der Waals surface area contributed by atoms with Gasteiger partial charge in [-0.25, -0.2) is 0 Å². The Kier molecular flexibility index (Phi) is 3.86. The third-order valence-corrected chi connectivity index (χ3v) is 2.82. The van der Waals surface area contributed by atoms with Crippen molar-refractivity contribution in [2.24, 2.45) is 0 Å². The number of nitrogens with two attached hydrogens (primary N) is 1. The van der Waals surface area contributed by atoms with Crippen molar-refractivity contribution in [2.75, 3.05) is 11.1 Å². The Morgan fingerprint density at radius 2 is 1.85 bits per heavy atom. The monoisotopic (exact) mass is 291 g/mol. The summed E-state index contributed by atoms with van der Waals surface area (Å²) in [5.41, 5.74) is 5.92. The van der Waals surface area contributed by atoms with E-state index in [1.807, 2.05) is 0 Å². The zero-order valence-electron chi connectivity index (χ0n) is 10.2. The van der Waals surface area contributed by atoms with E-state index in [0.29, 0.717) is 10.7 Å². The average molecular weight is 292 g/mol. The summed E-state index contributed by atoms with van der Waals surface area (Å²) in [5, 5.41) is 14.0. The van der Waals surface area contributed by atoms with Crippen LogP contribution in [0, 0.1) is 10.1 Å². The molecule has 1 amide bonds. The quantitative estimate of drug-likeness (QED) is 0.516. The van der Waals surface area contributed by atoms with Crippen molar-refractivity contribution in [3.63, 3.8) is 0 Å². The molecular weight excluding hydrogens is 282 g/mol. The molecule has 0 aromatic heterocycles. The molecule has 0 atom stereocenters. The second-order valence-corrected chi connectivity index (χ2v) is 4.43. The van der Waals surface area contributed by atoms with Crippen LogP contribution in [-0.4, -0.2) is 10.8 Å². The second-order valence-electron chi connectivity index (χ2n) is 3.99. The van der Waals surface area contributed by atoms with Crippen LogP contribution in [-0.2, 0) is 0 Å². The minimum absolute atomic E-state index is 0.0926. The van der Waals surface area contributed by atoms with Gasteiger partial charge in [0.25, 0.3) is 11.6 Å². The summed E-state index contributed by atoms with van der Waals surface area (Å²) in [7, 11) is 0. The van der Waals surface area contributed by atoms with E-state index in [1.54, 1.807) is 24.3 Å². The minimum atomic E-state index is -0.629. The molecule has 0 heterocycles. The molecule has 0 bridgehead atoms. The molecule has 0 aliphatic rings. The molecular formula is C13H10ClN3O3. The number of nitrogens with zero attached hydrogens (tertiary/aromatic N) is 1. The van der Waals surface area contributed by atoms with Crippen molar-refractivity contribution < 1.29 is 9.72 Å². The number of carbonyl (C=O) groups excluding carboxylic acids is 1. The topological polar surface area (TPSA) is 98.3 Å². The number of carbonyl (C=O) groups is 1. The lowest BCUT2D eigenvalue weighted by Crippen LogP contribution is -2.14. The van der Waals surface area contributed by atoms with Crippen LogP contribution in [0.2, 0.25) is 5.02 Å². The van der Waals surface area contributed by atoms with E-state index in [4.69, 9.17) is 17.3 Å². The highest BCUT2D eigenvalue weighted by molar-refractivity contribution is 6.30. The summed E-state index contributed by atoms with van der Waals surface area (Å²) in [4.78, 5) is 22.3. The van der Waals surface area contributed by atoms with Gasteiger partial charge in [-0.05, 0) is 36.4 Å². The van der Waals surface area contributed by atoms with Crippen molar-refractivity contribution in [1.29, 1.82) is 0 Å². The van der Waals surface area contributed by atoms with Gasteiger partial charge in [0.15, 0.2) is 0 Å². The lowest BCUT2D eigenvalue weighted by atomic mass is 10.1. The van der Waals surface area contributed by atoms with E-state index in [9.17, 15) is 14.9 Å². The summed E-state index contributed by atoms with van der Waals surface area (Å²) >= 11 is 5.73. The normalized spacial score (nSPS) is 10.1. The third kappa shape index (κ3) is 3.04. The summed E-state index contributed by atoms with van der Waals surface area (Å²) < 4.78 is 0. The number of nitrogens with one attached hydrogen (secondary N) is 1. The number of anilines is 2. The Morgan fingerprint density at radius 3 is 2.45 bits per heavy atom. The fourth-order valence-corrected chi connectivity index (χ4v) is 1.75. The molecule has 0 saturated carbocycles. The van der Waals surface area contributed by atoms with E-state index < -0.39 is 10.8 Å². The maximum absolute atomic E-state index is 12.1. The Hall–Kier alpha value is -2.60. The number of nitrogen functional groups attached to an aromatic ring is 1. The lowest BCUT2D eigenvalue weighted by Gasteiger charge is -2.06. The van der Waals surface area contributed by atoms with Gasteiger partial charge in [0.1, 0.15) is 5.56 Å². The van der Waals surface area contributed by atoms with Crippen molar-refractivity contribution in [1.82, 2.24) is 0 Å². The number of hydrogen-bond donors (Lipinski definition) is 2. The predicted octanol–water partition coefficient (Wildman–Crippen LogP) is 3.08. The lowest BCUT2D eigenvalue weighted by molar-refractivity contribution is -0.385. The maximum atomic E-state index is 12.1. The molecule has 0 unspecified atom stereocenters. The molecule has 0 fully saturated rings. The molecule has 0 aliphatic heterocycles. The number of nitro benzene ring substituents is 1. The molecule has 3 N–H and O–H groups in total. The third-order valence-electron chi connectivity index (χ3n) is 2.56. The smallest absolute Gasteiger partial charge is 0.282 e. The summed E-state index contributed by atoms with van der Waals surface area (Å²) in [6.07, 6.45) is 0. The Balaban J connectivity index is 2.31. The van der Waals surface area contributed by atoms with Crippen molar-refractivity contribution >= 4 is 34.6 Å². The first-order valence-corrected chi connectivity index (χ1v) is 5.96. The van der Waals surface area contributed by atoms with Crippen LogP contribution in [0.3, 0.4) is 0 Å². The first kappa shape index (κ1) is 13.8. The van der Waals surface area contributed by atoms with Crippen LogP contribution >= 0.6 is 11.6 Å². The van der Waals surface area contributed by atoms with Gasteiger partial charge in [0.2, 0.25) is 0 Å². The van der Waals surface area contributed by atoms with Crippen LogP contribution in [0.5, 0.6) is 0 Å². The van der Waals surface area contributed by atoms with Crippen molar-refractivity contribution in [3.05, 3.63) is 63.2 Å². The van der Waals surface area contributed by atoms with Gasteiger partial charge in [0.05, 0.1) is 4.92 Å². The highest BCUT2D eigenvalue weighted by Gasteiger charge is 2.20. The van der Waals surface area contributed by atoms with E-state index in [-0.39, 0.29) is 16.9 Å². The Bertz CT molecular complexity index is 671. The molecule has 20 heavy (non-hydrogen) atoms. The zero-order valence-corrected chi connectivity index (χ0v) is 10.9. The molecule has 2 rings (SSSR count). The Labute approximate surface area is 119 Å². The number of hydrogen-bond acceptors (Lipinski definition) is 4. The number of halogens is 1. The Morgan fingerprint density at radius 1 is 1.20 bits per heavy atom. The van der Waals surface area contributed by atoms with Gasteiger partial charge in [-0.15, -0.1) is 0 Å². The van der Waals surface area contributed by atoms with E-state index in [1.165, 1.54) is 18.2 Å².